The molecule has 0 aliphatic rings. The summed E-state index contributed by atoms with van der Waals surface area (Å²) in [4.78, 5) is 64.2. The number of aromatic nitrogens is 4. The summed E-state index contributed by atoms with van der Waals surface area (Å²) >= 11 is 0. The molecule has 31 heavy (non-hydrogen) atoms. The monoisotopic (exact) mass is 429 g/mol. The number of ether oxygens (including phenoxy) is 2. The summed E-state index contributed by atoms with van der Waals surface area (Å²) in [5.74, 6) is -0.719. The van der Waals surface area contributed by atoms with Crippen LogP contribution in [0, 0.1) is 10.1 Å². The van der Waals surface area contributed by atoms with Gasteiger partial charge in [0.05, 0.1) is 12.0 Å². The highest BCUT2D eigenvalue weighted by atomic mass is 16.6. The highest BCUT2D eigenvalue weighted by molar-refractivity contribution is 5.68. The molecule has 0 aliphatic carbocycles. The standard InChI is InChI=1S/C18H15N5O8/c1-20-16(25)21(10-15(24)30-2)18(27)22(17(20)26)13-9-11(6-7-12(13)23(28)29)31-14-5-3-4-8-19-14/h3-9H,10H2,1-2H3. The summed E-state index contributed by atoms with van der Waals surface area (Å²) in [6.07, 6.45) is 1.46. The lowest BCUT2D eigenvalue weighted by molar-refractivity contribution is -0.384. The molecule has 0 radical (unpaired) electrons. The highest BCUT2D eigenvalue weighted by Gasteiger charge is 2.24. The van der Waals surface area contributed by atoms with Gasteiger partial charge in [-0.05, 0) is 12.1 Å². The molecule has 1 aromatic carbocycles. The van der Waals surface area contributed by atoms with Crippen molar-refractivity contribution in [3.8, 4) is 17.3 Å². The Morgan fingerprint density at radius 3 is 2.48 bits per heavy atom. The van der Waals surface area contributed by atoms with E-state index in [0.29, 0.717) is 13.7 Å². The number of nitrogens with zero attached hydrogens (tertiary/aromatic N) is 5. The SMILES string of the molecule is COC(=O)Cn1c(=O)n(C)c(=O)n(-c2cc(Oc3ccccn3)ccc2[N+](=O)[O-])c1=O. The summed E-state index contributed by atoms with van der Waals surface area (Å²) in [5.41, 5.74) is -4.54. The second-order valence-electron chi connectivity index (χ2n) is 6.08. The van der Waals surface area contributed by atoms with Crippen LogP contribution in [0.15, 0.2) is 57.0 Å². The number of benzene rings is 1. The first-order valence-corrected chi connectivity index (χ1v) is 8.62. The van der Waals surface area contributed by atoms with E-state index in [1.165, 1.54) is 18.3 Å². The number of carbonyl (C=O) groups is 1. The van der Waals surface area contributed by atoms with Crippen LogP contribution in [-0.2, 0) is 23.1 Å². The van der Waals surface area contributed by atoms with Crippen LogP contribution in [0.1, 0.15) is 0 Å². The van der Waals surface area contributed by atoms with Gasteiger partial charge in [-0.15, -0.1) is 0 Å². The van der Waals surface area contributed by atoms with E-state index in [2.05, 4.69) is 9.72 Å². The molecule has 3 rings (SSSR count). The quantitative estimate of drug-likeness (QED) is 0.298. The first-order valence-electron chi connectivity index (χ1n) is 8.62. The first-order chi connectivity index (χ1) is 14.7. The van der Waals surface area contributed by atoms with E-state index in [9.17, 15) is 29.3 Å². The predicted molar refractivity (Wildman–Crippen MR) is 105 cm³/mol. The van der Waals surface area contributed by atoms with Gasteiger partial charge in [-0.2, -0.15) is 0 Å². The van der Waals surface area contributed by atoms with Gasteiger partial charge in [0.2, 0.25) is 5.88 Å². The summed E-state index contributed by atoms with van der Waals surface area (Å²) in [7, 11) is 2.12. The molecule has 0 saturated carbocycles. The fourth-order valence-corrected chi connectivity index (χ4v) is 2.66. The second-order valence-corrected chi connectivity index (χ2v) is 6.08. The average Bonchev–Trinajstić information content (AvgIpc) is 2.76. The van der Waals surface area contributed by atoms with Gasteiger partial charge in [0.15, 0.2) is 0 Å². The number of esters is 1. The van der Waals surface area contributed by atoms with Gasteiger partial charge in [-0.25, -0.2) is 33.1 Å². The van der Waals surface area contributed by atoms with Crippen molar-refractivity contribution in [1.29, 1.82) is 0 Å². The summed E-state index contributed by atoms with van der Waals surface area (Å²) in [5, 5.41) is 11.5. The van der Waals surface area contributed by atoms with E-state index in [4.69, 9.17) is 4.74 Å². The largest absolute Gasteiger partial charge is 0.468 e. The van der Waals surface area contributed by atoms with Crippen molar-refractivity contribution in [1.82, 2.24) is 18.7 Å². The zero-order valence-electron chi connectivity index (χ0n) is 16.3. The second kappa shape index (κ2) is 8.44. The molecule has 3 aromatic rings. The predicted octanol–water partition coefficient (Wildman–Crippen LogP) is -0.0336. The molecule has 2 aromatic heterocycles. The molecule has 0 bridgehead atoms. The zero-order valence-corrected chi connectivity index (χ0v) is 16.3. The zero-order chi connectivity index (χ0) is 22.7. The van der Waals surface area contributed by atoms with Gasteiger partial charge in [0.1, 0.15) is 18.0 Å². The number of methoxy groups -OCH3 is 1. The molecule has 0 spiro atoms. The third-order valence-electron chi connectivity index (χ3n) is 4.18. The van der Waals surface area contributed by atoms with Crippen LogP contribution < -0.4 is 21.8 Å². The van der Waals surface area contributed by atoms with Crippen LogP contribution in [0.5, 0.6) is 11.6 Å². The Morgan fingerprint density at radius 2 is 1.87 bits per heavy atom. The summed E-state index contributed by atoms with van der Waals surface area (Å²) < 4.78 is 11.4. The molecule has 0 unspecified atom stereocenters. The van der Waals surface area contributed by atoms with Crippen LogP contribution >= 0.6 is 0 Å². The van der Waals surface area contributed by atoms with Crippen molar-refractivity contribution >= 4 is 11.7 Å². The van der Waals surface area contributed by atoms with E-state index in [1.807, 2.05) is 0 Å². The number of pyridine rings is 1. The van der Waals surface area contributed by atoms with Crippen molar-refractivity contribution in [3.63, 3.8) is 0 Å². The molecular formula is C18H15N5O8. The Bertz CT molecular complexity index is 1340. The molecule has 0 aliphatic heterocycles. The molecule has 160 valence electrons. The van der Waals surface area contributed by atoms with E-state index < -0.39 is 45.9 Å². The van der Waals surface area contributed by atoms with Gasteiger partial charge in [0, 0.05) is 31.4 Å². The van der Waals surface area contributed by atoms with Gasteiger partial charge in [-0.3, -0.25) is 14.9 Å². The molecule has 0 amide bonds. The van der Waals surface area contributed by atoms with Gasteiger partial charge < -0.3 is 9.47 Å². The molecule has 0 atom stereocenters. The molecule has 13 heteroatoms. The molecular weight excluding hydrogens is 414 g/mol. The van der Waals surface area contributed by atoms with Crippen molar-refractivity contribution in [2.45, 2.75) is 6.54 Å². The summed E-state index contributed by atoms with van der Waals surface area (Å²) in [6.45, 7) is -0.791. The van der Waals surface area contributed by atoms with Gasteiger partial charge >= 0.3 is 23.0 Å². The minimum Gasteiger partial charge on any atom is -0.468 e. The molecule has 0 fully saturated rings. The third kappa shape index (κ3) is 4.10. The minimum absolute atomic E-state index is 0.0407. The van der Waals surface area contributed by atoms with E-state index in [0.717, 1.165) is 26.3 Å². The number of carbonyl (C=O) groups excluding carboxylic acids is 1. The van der Waals surface area contributed by atoms with Crippen molar-refractivity contribution in [2.24, 2.45) is 7.05 Å². The van der Waals surface area contributed by atoms with Crippen LogP contribution in [-0.4, -0.2) is 36.7 Å². The smallest absolute Gasteiger partial charge is 0.341 e. The van der Waals surface area contributed by atoms with Gasteiger partial charge in [-0.1, -0.05) is 6.07 Å². The van der Waals surface area contributed by atoms with Crippen LogP contribution in [0.25, 0.3) is 5.69 Å². The minimum atomic E-state index is -1.25. The third-order valence-corrected chi connectivity index (χ3v) is 4.18. The van der Waals surface area contributed by atoms with Crippen molar-refractivity contribution in [2.75, 3.05) is 7.11 Å². The van der Waals surface area contributed by atoms with Crippen LogP contribution in [0.2, 0.25) is 0 Å². The van der Waals surface area contributed by atoms with Crippen LogP contribution in [0.3, 0.4) is 0 Å². The molecule has 0 saturated heterocycles. The molecule has 0 N–H and O–H groups in total. The fraction of sp³-hybridized carbons (Fsp3) is 0.167. The van der Waals surface area contributed by atoms with E-state index in [-0.39, 0.29) is 11.6 Å². The Labute approximate surface area is 172 Å². The Morgan fingerprint density at radius 1 is 1.13 bits per heavy atom. The normalized spacial score (nSPS) is 10.5. The molecule has 2 heterocycles. The Kier molecular flexibility index (Phi) is 5.76. The molecule has 13 nitrogen and oxygen atoms in total. The summed E-state index contributed by atoms with van der Waals surface area (Å²) in [6, 6.07) is 8.22. The first kappa shape index (κ1) is 21.2. The number of nitro groups is 1. The number of hydrogen-bond donors (Lipinski definition) is 0. The Balaban J connectivity index is 2.27. The average molecular weight is 429 g/mol. The van der Waals surface area contributed by atoms with Crippen molar-refractivity contribution in [3.05, 3.63) is 84.2 Å². The maximum Gasteiger partial charge on any atom is 0.341 e. The van der Waals surface area contributed by atoms with Crippen LogP contribution in [0.4, 0.5) is 5.69 Å². The lowest BCUT2D eigenvalue weighted by atomic mass is 10.2. The number of nitro benzene ring substituents is 1. The van der Waals surface area contributed by atoms with Crippen molar-refractivity contribution < 1.29 is 19.2 Å². The lowest BCUT2D eigenvalue weighted by Crippen LogP contribution is -2.53. The van der Waals surface area contributed by atoms with E-state index >= 15 is 0 Å². The Hall–Kier alpha value is -4.55. The van der Waals surface area contributed by atoms with E-state index in [1.54, 1.807) is 12.1 Å². The fourth-order valence-electron chi connectivity index (χ4n) is 2.66. The highest BCUT2D eigenvalue weighted by Crippen LogP contribution is 2.28. The number of rotatable bonds is 6. The van der Waals surface area contributed by atoms with Gasteiger partial charge in [0.25, 0.3) is 5.69 Å². The maximum absolute atomic E-state index is 12.9. The lowest BCUT2D eigenvalue weighted by Gasteiger charge is -2.12. The topological polar surface area (TPSA) is 158 Å². The maximum atomic E-state index is 12.9. The number of hydrogen-bond acceptors (Lipinski definition) is 9.